The summed E-state index contributed by atoms with van der Waals surface area (Å²) in [4.78, 5) is 11.7. The Labute approximate surface area is 140 Å². The molecule has 1 aromatic carbocycles. The molecule has 1 amide bonds. The van der Waals surface area contributed by atoms with E-state index < -0.39 is 9.84 Å². The highest BCUT2D eigenvalue weighted by Crippen LogP contribution is 2.27. The van der Waals surface area contributed by atoms with Crippen LogP contribution in [0.5, 0.6) is 0 Å². The van der Waals surface area contributed by atoms with E-state index >= 15 is 0 Å². The van der Waals surface area contributed by atoms with Crippen LogP contribution in [0.15, 0.2) is 44.4 Å². The van der Waals surface area contributed by atoms with Crippen LogP contribution < -0.4 is 5.32 Å². The van der Waals surface area contributed by atoms with E-state index in [2.05, 4.69) is 21.2 Å². The molecule has 0 aliphatic carbocycles. The molecule has 1 heterocycles. The summed E-state index contributed by atoms with van der Waals surface area (Å²) in [5.41, 5.74) is 0.750. The zero-order valence-corrected chi connectivity index (χ0v) is 14.6. The van der Waals surface area contributed by atoms with E-state index in [1.165, 1.54) is 18.2 Å². The van der Waals surface area contributed by atoms with E-state index in [4.69, 9.17) is 0 Å². The molecule has 4 nitrogen and oxygen atoms in total. The molecule has 0 aliphatic heterocycles. The highest BCUT2D eigenvalue weighted by atomic mass is 79.9. The Morgan fingerprint density at radius 2 is 1.86 bits per heavy atom. The maximum Gasteiger partial charge on any atom is 0.221 e. The first-order valence-electron chi connectivity index (χ1n) is 6.36. The molecule has 0 atom stereocenters. The molecule has 2 rings (SSSR count). The van der Waals surface area contributed by atoms with Gasteiger partial charge in [0.05, 0.1) is 9.54 Å². The predicted molar refractivity (Wildman–Crippen MR) is 86.9 cm³/mol. The van der Waals surface area contributed by atoms with Gasteiger partial charge < -0.3 is 5.32 Å². The summed E-state index contributed by atoms with van der Waals surface area (Å²) < 4.78 is 37.8. The first-order chi connectivity index (χ1) is 10.4. The van der Waals surface area contributed by atoms with Crippen molar-refractivity contribution in [3.8, 4) is 0 Å². The Balaban J connectivity index is 1.83. The number of nitrogens with one attached hydrogen (secondary N) is 1. The summed E-state index contributed by atoms with van der Waals surface area (Å²) in [5, 5.41) is 2.62. The molecule has 0 unspecified atom stereocenters. The van der Waals surface area contributed by atoms with Gasteiger partial charge in [0.2, 0.25) is 5.91 Å². The van der Waals surface area contributed by atoms with Gasteiger partial charge in [-0.1, -0.05) is 12.1 Å². The number of halogens is 2. The number of thiophene rings is 1. The number of hydrogen-bond acceptors (Lipinski definition) is 4. The largest absolute Gasteiger partial charge is 0.352 e. The SMILES string of the molecule is O=C(CCS(=O)(=O)c1ccc(Br)s1)NCc1ccc(F)cc1. The minimum Gasteiger partial charge on any atom is -0.352 e. The normalized spacial score (nSPS) is 11.4. The lowest BCUT2D eigenvalue weighted by Crippen LogP contribution is -2.25. The summed E-state index contributed by atoms with van der Waals surface area (Å²) >= 11 is 4.33. The number of sulfone groups is 1. The number of carbonyl (C=O) groups is 1. The maximum atomic E-state index is 12.7. The van der Waals surface area contributed by atoms with Crippen LogP contribution in [0.4, 0.5) is 4.39 Å². The fourth-order valence-electron chi connectivity index (χ4n) is 1.68. The topological polar surface area (TPSA) is 63.2 Å². The highest BCUT2D eigenvalue weighted by Gasteiger charge is 2.18. The van der Waals surface area contributed by atoms with Crippen molar-refractivity contribution < 1.29 is 17.6 Å². The van der Waals surface area contributed by atoms with Gasteiger partial charge in [-0.25, -0.2) is 12.8 Å². The van der Waals surface area contributed by atoms with Crippen molar-refractivity contribution in [2.24, 2.45) is 0 Å². The maximum absolute atomic E-state index is 12.7. The fraction of sp³-hybridized carbons (Fsp3) is 0.214. The number of carbonyl (C=O) groups excluding carboxylic acids is 1. The molecule has 0 aliphatic rings. The van der Waals surface area contributed by atoms with Gasteiger partial charge in [-0.15, -0.1) is 11.3 Å². The zero-order valence-electron chi connectivity index (χ0n) is 11.4. The standard InChI is InChI=1S/C14H13BrFNO3S2/c15-12-5-6-14(21-12)22(19,20)8-7-13(18)17-9-10-1-3-11(16)4-2-10/h1-6H,7-9H2,(H,17,18). The first-order valence-corrected chi connectivity index (χ1v) is 9.62. The highest BCUT2D eigenvalue weighted by molar-refractivity contribution is 9.11. The van der Waals surface area contributed by atoms with Gasteiger partial charge in [0, 0.05) is 13.0 Å². The molecule has 22 heavy (non-hydrogen) atoms. The second-order valence-electron chi connectivity index (χ2n) is 4.53. The average molecular weight is 406 g/mol. The van der Waals surface area contributed by atoms with E-state index in [-0.39, 0.29) is 34.7 Å². The second-order valence-corrected chi connectivity index (χ2v) is 9.33. The quantitative estimate of drug-likeness (QED) is 0.802. The molecule has 0 spiro atoms. The van der Waals surface area contributed by atoms with Crippen LogP contribution in [0.1, 0.15) is 12.0 Å². The predicted octanol–water partition coefficient (Wildman–Crippen LogP) is 3.13. The number of benzene rings is 1. The number of amides is 1. The summed E-state index contributed by atoms with van der Waals surface area (Å²) in [6, 6.07) is 8.92. The Morgan fingerprint density at radius 3 is 2.45 bits per heavy atom. The fourth-order valence-corrected chi connectivity index (χ4v) is 5.08. The van der Waals surface area contributed by atoms with Gasteiger partial charge in [0.1, 0.15) is 10.0 Å². The molecule has 0 bridgehead atoms. The molecular formula is C14H13BrFNO3S2. The van der Waals surface area contributed by atoms with Crippen LogP contribution in [0.2, 0.25) is 0 Å². The first kappa shape index (κ1) is 17.1. The van der Waals surface area contributed by atoms with E-state index in [1.54, 1.807) is 18.2 Å². The van der Waals surface area contributed by atoms with Gasteiger partial charge in [-0.05, 0) is 45.8 Å². The van der Waals surface area contributed by atoms with Crippen LogP contribution >= 0.6 is 27.3 Å². The van der Waals surface area contributed by atoms with Gasteiger partial charge in [0.25, 0.3) is 0 Å². The Kier molecular flexibility index (Phi) is 5.71. The zero-order chi connectivity index (χ0) is 16.2. The van der Waals surface area contributed by atoms with Crippen LogP contribution in [-0.2, 0) is 21.2 Å². The van der Waals surface area contributed by atoms with Crippen LogP contribution in [-0.4, -0.2) is 20.1 Å². The molecule has 0 fully saturated rings. The van der Waals surface area contributed by atoms with Crippen LogP contribution in [0.25, 0.3) is 0 Å². The van der Waals surface area contributed by atoms with Crippen molar-refractivity contribution in [1.29, 1.82) is 0 Å². The third-order valence-corrected chi connectivity index (χ3v) is 6.78. The van der Waals surface area contributed by atoms with Gasteiger partial charge in [-0.2, -0.15) is 0 Å². The average Bonchev–Trinajstić information content (AvgIpc) is 2.92. The monoisotopic (exact) mass is 405 g/mol. The van der Waals surface area contributed by atoms with E-state index in [0.717, 1.165) is 20.7 Å². The summed E-state index contributed by atoms with van der Waals surface area (Å²) in [6.07, 6.45) is -0.112. The Bertz CT molecular complexity index is 757. The van der Waals surface area contributed by atoms with Crippen molar-refractivity contribution in [2.75, 3.05) is 5.75 Å². The minimum atomic E-state index is -3.44. The van der Waals surface area contributed by atoms with E-state index in [0.29, 0.717) is 0 Å². The number of hydrogen-bond donors (Lipinski definition) is 1. The van der Waals surface area contributed by atoms with Gasteiger partial charge in [0.15, 0.2) is 9.84 Å². The summed E-state index contributed by atoms with van der Waals surface area (Å²) in [5.74, 6) is -0.943. The van der Waals surface area contributed by atoms with E-state index in [1.807, 2.05) is 0 Å². The number of rotatable bonds is 6. The van der Waals surface area contributed by atoms with E-state index in [9.17, 15) is 17.6 Å². The molecule has 0 radical (unpaired) electrons. The van der Waals surface area contributed by atoms with Gasteiger partial charge in [-0.3, -0.25) is 4.79 Å². The third-order valence-electron chi connectivity index (χ3n) is 2.86. The van der Waals surface area contributed by atoms with Crippen molar-refractivity contribution >= 4 is 43.0 Å². The van der Waals surface area contributed by atoms with Crippen molar-refractivity contribution in [3.05, 3.63) is 51.6 Å². The smallest absolute Gasteiger partial charge is 0.221 e. The van der Waals surface area contributed by atoms with Crippen molar-refractivity contribution in [2.45, 2.75) is 17.2 Å². The molecule has 2 aromatic rings. The van der Waals surface area contributed by atoms with Crippen LogP contribution in [0.3, 0.4) is 0 Å². The second kappa shape index (κ2) is 7.34. The minimum absolute atomic E-state index is 0.112. The summed E-state index contributed by atoms with van der Waals surface area (Å²) in [6.45, 7) is 0.240. The summed E-state index contributed by atoms with van der Waals surface area (Å²) in [7, 11) is -3.44. The molecular weight excluding hydrogens is 393 g/mol. The Hall–Kier alpha value is -1.25. The lowest BCUT2D eigenvalue weighted by Gasteiger charge is -2.05. The molecule has 0 saturated heterocycles. The molecule has 0 saturated carbocycles. The molecule has 8 heteroatoms. The van der Waals surface area contributed by atoms with Crippen LogP contribution in [0, 0.1) is 5.82 Å². The third kappa shape index (κ3) is 4.89. The van der Waals surface area contributed by atoms with Crippen molar-refractivity contribution in [3.63, 3.8) is 0 Å². The molecule has 1 N–H and O–H groups in total. The lowest BCUT2D eigenvalue weighted by atomic mass is 10.2. The molecule has 1 aromatic heterocycles. The molecule has 118 valence electrons. The lowest BCUT2D eigenvalue weighted by molar-refractivity contribution is -0.120. The van der Waals surface area contributed by atoms with Crippen molar-refractivity contribution in [1.82, 2.24) is 5.32 Å². The Morgan fingerprint density at radius 1 is 1.18 bits per heavy atom. The van der Waals surface area contributed by atoms with Gasteiger partial charge >= 0.3 is 0 Å².